The number of rotatable bonds is 5. The zero-order valence-corrected chi connectivity index (χ0v) is 12.9. The van der Waals surface area contributed by atoms with Crippen LogP contribution in [0.15, 0.2) is 48.5 Å². The van der Waals surface area contributed by atoms with Crippen LogP contribution in [-0.4, -0.2) is 20.0 Å². The normalized spacial score (nSPS) is 10.3. The molecule has 0 heterocycles. The number of carbonyl (C=O) groups excluding carboxylic acids is 1. The average Bonchev–Trinajstić information content (AvgIpc) is 2.53. The number of nitriles is 1. The van der Waals surface area contributed by atoms with Crippen LogP contribution in [-0.2, 0) is 13.1 Å². The molecule has 0 aliphatic heterocycles. The van der Waals surface area contributed by atoms with Crippen molar-refractivity contribution < 1.29 is 9.69 Å². The summed E-state index contributed by atoms with van der Waals surface area (Å²) < 4.78 is 0. The van der Waals surface area contributed by atoms with Crippen LogP contribution in [0.3, 0.4) is 0 Å². The van der Waals surface area contributed by atoms with Gasteiger partial charge in [-0.15, -0.1) is 0 Å². The third-order valence-corrected chi connectivity index (χ3v) is 3.31. The second-order valence-electron chi connectivity index (χ2n) is 5.57. The molecule has 2 rings (SSSR count). The van der Waals surface area contributed by atoms with Crippen molar-refractivity contribution in [2.24, 2.45) is 0 Å². The fourth-order valence-corrected chi connectivity index (χ4v) is 2.16. The fraction of sp³-hybridized carbons (Fsp3) is 0.222. The van der Waals surface area contributed by atoms with Crippen molar-refractivity contribution in [1.82, 2.24) is 5.32 Å². The maximum atomic E-state index is 12.0. The van der Waals surface area contributed by atoms with Gasteiger partial charge in [0.1, 0.15) is 6.54 Å². The Labute approximate surface area is 131 Å². The number of benzene rings is 2. The molecule has 0 aromatic heterocycles. The predicted molar refractivity (Wildman–Crippen MR) is 85.3 cm³/mol. The standard InChI is InChI=1S/C18H19N3O/c1-21(2)13-16-5-3-15(4-6-16)12-20-18(22)17-9-7-14(11-19)8-10-17/h3-10H,12-13H2,1-2H3,(H,20,22)/p+1. The van der Waals surface area contributed by atoms with Crippen LogP contribution in [0.25, 0.3) is 0 Å². The molecule has 2 aromatic rings. The number of nitrogens with one attached hydrogen (secondary N) is 2. The Morgan fingerprint density at radius 1 is 1.05 bits per heavy atom. The molecule has 0 saturated carbocycles. The first kappa shape index (κ1) is 15.7. The monoisotopic (exact) mass is 294 g/mol. The molecule has 2 aromatic carbocycles. The Bertz CT molecular complexity index is 667. The lowest BCUT2D eigenvalue weighted by Gasteiger charge is -2.09. The van der Waals surface area contributed by atoms with E-state index in [1.165, 1.54) is 10.5 Å². The summed E-state index contributed by atoms with van der Waals surface area (Å²) >= 11 is 0. The summed E-state index contributed by atoms with van der Waals surface area (Å²) in [5.74, 6) is -0.133. The number of hydrogen-bond donors (Lipinski definition) is 2. The molecular formula is C18H20N3O+. The predicted octanol–water partition coefficient (Wildman–Crippen LogP) is 1.13. The lowest BCUT2D eigenvalue weighted by molar-refractivity contribution is -0.872. The quantitative estimate of drug-likeness (QED) is 0.868. The van der Waals surface area contributed by atoms with Crippen LogP contribution in [0.4, 0.5) is 0 Å². The van der Waals surface area contributed by atoms with E-state index >= 15 is 0 Å². The Balaban J connectivity index is 1.91. The second kappa shape index (κ2) is 7.39. The van der Waals surface area contributed by atoms with Gasteiger partial charge in [-0.3, -0.25) is 4.79 Å². The van der Waals surface area contributed by atoms with Crippen LogP contribution >= 0.6 is 0 Å². The molecule has 4 heteroatoms. The molecule has 2 N–H and O–H groups in total. The highest BCUT2D eigenvalue weighted by Gasteiger charge is 2.05. The summed E-state index contributed by atoms with van der Waals surface area (Å²) in [6.07, 6.45) is 0. The molecule has 22 heavy (non-hydrogen) atoms. The van der Waals surface area contributed by atoms with E-state index < -0.39 is 0 Å². The van der Waals surface area contributed by atoms with E-state index in [-0.39, 0.29) is 5.91 Å². The van der Waals surface area contributed by atoms with Crippen LogP contribution in [0.5, 0.6) is 0 Å². The number of nitrogens with zero attached hydrogens (tertiary/aromatic N) is 1. The molecule has 0 unspecified atom stereocenters. The number of quaternary nitrogens is 1. The fourth-order valence-electron chi connectivity index (χ4n) is 2.16. The van der Waals surface area contributed by atoms with E-state index in [4.69, 9.17) is 5.26 Å². The topological polar surface area (TPSA) is 57.3 Å². The maximum Gasteiger partial charge on any atom is 0.251 e. The van der Waals surface area contributed by atoms with Gasteiger partial charge in [0.2, 0.25) is 0 Å². The summed E-state index contributed by atoms with van der Waals surface area (Å²) in [6.45, 7) is 1.48. The van der Waals surface area contributed by atoms with Gasteiger partial charge in [-0.1, -0.05) is 24.3 Å². The van der Waals surface area contributed by atoms with Gasteiger partial charge in [0.05, 0.1) is 25.7 Å². The minimum Gasteiger partial charge on any atom is -0.348 e. The van der Waals surface area contributed by atoms with Gasteiger partial charge in [0, 0.05) is 17.7 Å². The molecule has 0 saturated heterocycles. The van der Waals surface area contributed by atoms with Gasteiger partial charge in [0.15, 0.2) is 0 Å². The third kappa shape index (κ3) is 4.44. The van der Waals surface area contributed by atoms with Crippen molar-refractivity contribution in [3.63, 3.8) is 0 Å². The minimum atomic E-state index is -0.133. The molecule has 0 spiro atoms. The summed E-state index contributed by atoms with van der Waals surface area (Å²) in [5, 5.41) is 11.6. The lowest BCUT2D eigenvalue weighted by atomic mass is 10.1. The molecule has 0 radical (unpaired) electrons. The molecule has 4 nitrogen and oxygen atoms in total. The number of amides is 1. The van der Waals surface area contributed by atoms with E-state index in [0.717, 1.165) is 12.1 Å². The SMILES string of the molecule is C[NH+](C)Cc1ccc(CNC(=O)c2ccc(C#N)cc2)cc1. The van der Waals surface area contributed by atoms with Crippen molar-refractivity contribution in [1.29, 1.82) is 5.26 Å². The highest BCUT2D eigenvalue weighted by Crippen LogP contribution is 2.06. The van der Waals surface area contributed by atoms with E-state index in [1.807, 2.05) is 18.2 Å². The minimum absolute atomic E-state index is 0.133. The van der Waals surface area contributed by atoms with Crippen molar-refractivity contribution in [2.75, 3.05) is 14.1 Å². The van der Waals surface area contributed by atoms with E-state index in [1.54, 1.807) is 24.3 Å². The van der Waals surface area contributed by atoms with Gasteiger partial charge in [-0.2, -0.15) is 5.26 Å². The zero-order chi connectivity index (χ0) is 15.9. The van der Waals surface area contributed by atoms with Gasteiger partial charge in [-0.25, -0.2) is 0 Å². The molecular weight excluding hydrogens is 274 g/mol. The first-order chi connectivity index (χ1) is 10.6. The zero-order valence-electron chi connectivity index (χ0n) is 12.9. The van der Waals surface area contributed by atoms with Gasteiger partial charge < -0.3 is 10.2 Å². The molecule has 0 aliphatic carbocycles. The van der Waals surface area contributed by atoms with Gasteiger partial charge in [-0.05, 0) is 29.8 Å². The molecule has 1 amide bonds. The summed E-state index contributed by atoms with van der Waals surface area (Å²) in [7, 11) is 4.23. The summed E-state index contributed by atoms with van der Waals surface area (Å²) in [5.41, 5.74) is 3.46. The number of carbonyl (C=O) groups is 1. The van der Waals surface area contributed by atoms with Crippen molar-refractivity contribution in [3.05, 3.63) is 70.8 Å². The average molecular weight is 294 g/mol. The maximum absolute atomic E-state index is 12.0. The Hall–Kier alpha value is -2.64. The van der Waals surface area contributed by atoms with Crippen LogP contribution in [0, 0.1) is 11.3 Å². The summed E-state index contributed by atoms with van der Waals surface area (Å²) in [4.78, 5) is 13.4. The molecule has 0 fully saturated rings. The molecule has 0 aliphatic rings. The number of hydrogen-bond acceptors (Lipinski definition) is 2. The Kier molecular flexibility index (Phi) is 5.29. The molecule has 0 bridgehead atoms. The van der Waals surface area contributed by atoms with Gasteiger partial charge >= 0.3 is 0 Å². The highest BCUT2D eigenvalue weighted by molar-refractivity contribution is 5.94. The lowest BCUT2D eigenvalue weighted by Crippen LogP contribution is -3.04. The largest absolute Gasteiger partial charge is 0.348 e. The van der Waals surface area contributed by atoms with Crippen molar-refractivity contribution in [3.8, 4) is 6.07 Å². The van der Waals surface area contributed by atoms with Crippen molar-refractivity contribution in [2.45, 2.75) is 13.1 Å². The van der Waals surface area contributed by atoms with Gasteiger partial charge in [0.25, 0.3) is 5.91 Å². The van der Waals surface area contributed by atoms with Crippen LogP contribution in [0.2, 0.25) is 0 Å². The van der Waals surface area contributed by atoms with Crippen molar-refractivity contribution >= 4 is 5.91 Å². The van der Waals surface area contributed by atoms with E-state index in [2.05, 4.69) is 31.5 Å². The van der Waals surface area contributed by atoms with Crippen LogP contribution in [0.1, 0.15) is 27.0 Å². The Morgan fingerprint density at radius 3 is 2.18 bits per heavy atom. The highest BCUT2D eigenvalue weighted by atomic mass is 16.1. The first-order valence-electron chi connectivity index (χ1n) is 7.23. The smallest absolute Gasteiger partial charge is 0.251 e. The third-order valence-electron chi connectivity index (χ3n) is 3.31. The van der Waals surface area contributed by atoms with Crippen LogP contribution < -0.4 is 10.2 Å². The van der Waals surface area contributed by atoms with E-state index in [9.17, 15) is 4.79 Å². The van der Waals surface area contributed by atoms with E-state index in [0.29, 0.717) is 17.7 Å². The molecule has 0 atom stereocenters. The summed E-state index contributed by atoms with van der Waals surface area (Å²) in [6, 6.07) is 16.9. The Morgan fingerprint density at radius 2 is 1.64 bits per heavy atom. The second-order valence-corrected chi connectivity index (χ2v) is 5.57. The first-order valence-corrected chi connectivity index (χ1v) is 7.23. The molecule has 112 valence electrons.